The largest absolute Gasteiger partial charge is 0.481 e. The highest BCUT2D eigenvalue weighted by atomic mass is 19.4. The second-order valence-corrected chi connectivity index (χ2v) is 2.54. The molecule has 0 aromatic heterocycles. The van der Waals surface area contributed by atoms with Crippen molar-refractivity contribution >= 4 is 11.8 Å². The van der Waals surface area contributed by atoms with E-state index in [0.29, 0.717) is 0 Å². The summed E-state index contributed by atoms with van der Waals surface area (Å²) in [7, 11) is 0. The fraction of sp³-hybridized carbons (Fsp3) is 0.714. The van der Waals surface area contributed by atoms with Crippen LogP contribution in [0.5, 0.6) is 0 Å². The third-order valence-corrected chi connectivity index (χ3v) is 1.15. The summed E-state index contributed by atoms with van der Waals surface area (Å²) in [5.41, 5.74) is 0. The molecule has 0 atom stereocenters. The maximum Gasteiger partial charge on any atom is 0.411 e. The third kappa shape index (κ3) is 8.98. The van der Waals surface area contributed by atoms with Gasteiger partial charge in [0.1, 0.15) is 13.2 Å². The van der Waals surface area contributed by atoms with Crippen molar-refractivity contribution in [2.75, 3.05) is 13.2 Å². The zero-order valence-electron chi connectivity index (χ0n) is 7.13. The lowest BCUT2D eigenvalue weighted by molar-refractivity contribution is -0.175. The molecule has 0 radical (unpaired) electrons. The molecule has 0 saturated carbocycles. The Morgan fingerprint density at radius 3 is 2.21 bits per heavy atom. The van der Waals surface area contributed by atoms with Crippen molar-refractivity contribution < 1.29 is 32.6 Å². The number of carbonyl (C=O) groups is 2. The van der Waals surface area contributed by atoms with Crippen LogP contribution in [-0.4, -0.2) is 36.2 Å². The van der Waals surface area contributed by atoms with Crippen molar-refractivity contribution in [3.8, 4) is 0 Å². The van der Waals surface area contributed by atoms with Gasteiger partial charge >= 0.3 is 12.1 Å². The van der Waals surface area contributed by atoms with Crippen LogP contribution >= 0.6 is 0 Å². The quantitative estimate of drug-likeness (QED) is 0.716. The number of hydrogen-bond donors (Lipinski definition) is 1. The van der Waals surface area contributed by atoms with Gasteiger partial charge in [0.15, 0.2) is 5.78 Å². The molecule has 0 aromatic carbocycles. The normalized spacial score (nSPS) is 11.4. The van der Waals surface area contributed by atoms with E-state index < -0.39 is 37.6 Å². The third-order valence-electron chi connectivity index (χ3n) is 1.15. The van der Waals surface area contributed by atoms with E-state index >= 15 is 0 Å². The minimum atomic E-state index is -4.47. The number of carboxylic acids is 1. The van der Waals surface area contributed by atoms with Crippen molar-refractivity contribution in [2.45, 2.75) is 19.0 Å². The first-order valence-corrected chi connectivity index (χ1v) is 3.69. The number of aliphatic carboxylic acids is 1. The van der Waals surface area contributed by atoms with E-state index in [9.17, 15) is 22.8 Å². The minimum absolute atomic E-state index is 0.312. The summed E-state index contributed by atoms with van der Waals surface area (Å²) in [5.74, 6) is -1.83. The second kappa shape index (κ2) is 5.58. The fourth-order valence-electron chi connectivity index (χ4n) is 0.599. The Balaban J connectivity index is 3.50. The van der Waals surface area contributed by atoms with Gasteiger partial charge in [-0.1, -0.05) is 0 Å². The van der Waals surface area contributed by atoms with Crippen LogP contribution in [0.2, 0.25) is 0 Å². The number of halogens is 3. The Labute approximate surface area is 77.7 Å². The monoisotopic (exact) mass is 214 g/mol. The van der Waals surface area contributed by atoms with Gasteiger partial charge in [0.25, 0.3) is 0 Å². The minimum Gasteiger partial charge on any atom is -0.481 e. The molecule has 0 aliphatic carbocycles. The summed E-state index contributed by atoms with van der Waals surface area (Å²) in [6, 6.07) is 0. The predicted octanol–water partition coefficient (Wildman–Crippen LogP) is 0.999. The highest BCUT2D eigenvalue weighted by molar-refractivity contribution is 5.83. The molecule has 0 saturated heterocycles. The maximum absolute atomic E-state index is 11.5. The molecule has 0 spiro atoms. The Hall–Kier alpha value is -1.11. The fourth-order valence-corrected chi connectivity index (χ4v) is 0.599. The molecule has 0 amide bonds. The first-order chi connectivity index (χ1) is 6.31. The van der Waals surface area contributed by atoms with E-state index in [1.807, 2.05) is 0 Å². The number of ketones is 1. The summed E-state index contributed by atoms with van der Waals surface area (Å²) in [4.78, 5) is 20.6. The van der Waals surface area contributed by atoms with Gasteiger partial charge in [-0.05, 0) is 0 Å². The van der Waals surface area contributed by atoms with Crippen LogP contribution in [0.3, 0.4) is 0 Å². The molecule has 4 nitrogen and oxygen atoms in total. The standard InChI is InChI=1S/C7H9F3O4/c8-7(9,10)4-14-3-5(11)1-2-6(12)13/h1-4H2,(H,12,13). The number of rotatable bonds is 6. The summed E-state index contributed by atoms with van der Waals surface area (Å²) >= 11 is 0. The second-order valence-electron chi connectivity index (χ2n) is 2.54. The topological polar surface area (TPSA) is 63.6 Å². The van der Waals surface area contributed by atoms with Gasteiger partial charge in [0.05, 0.1) is 6.42 Å². The van der Waals surface area contributed by atoms with Crippen LogP contribution in [0.15, 0.2) is 0 Å². The molecule has 1 N–H and O–H groups in total. The highest BCUT2D eigenvalue weighted by Crippen LogP contribution is 2.14. The lowest BCUT2D eigenvalue weighted by Crippen LogP contribution is -2.20. The Morgan fingerprint density at radius 1 is 1.21 bits per heavy atom. The van der Waals surface area contributed by atoms with Crippen molar-refractivity contribution in [2.24, 2.45) is 0 Å². The number of carboxylic acid groups (broad SMARTS) is 1. The number of Topliss-reactive ketones (excluding diaryl/α,β-unsaturated/α-hetero) is 1. The van der Waals surface area contributed by atoms with Crippen molar-refractivity contribution in [3.05, 3.63) is 0 Å². The van der Waals surface area contributed by atoms with E-state index in [4.69, 9.17) is 5.11 Å². The van der Waals surface area contributed by atoms with Crippen LogP contribution in [0.4, 0.5) is 13.2 Å². The zero-order chi connectivity index (χ0) is 11.2. The average Bonchev–Trinajstić information content (AvgIpc) is 1.98. The molecule has 82 valence electrons. The van der Waals surface area contributed by atoms with Crippen LogP contribution in [-0.2, 0) is 14.3 Å². The van der Waals surface area contributed by atoms with Crippen molar-refractivity contribution in [1.82, 2.24) is 0 Å². The van der Waals surface area contributed by atoms with E-state index in [1.54, 1.807) is 0 Å². The molecule has 14 heavy (non-hydrogen) atoms. The Kier molecular flexibility index (Phi) is 5.14. The lowest BCUT2D eigenvalue weighted by atomic mass is 10.2. The van der Waals surface area contributed by atoms with Gasteiger partial charge < -0.3 is 9.84 Å². The summed E-state index contributed by atoms with van der Waals surface area (Å²) in [6.07, 6.45) is -5.17. The van der Waals surface area contributed by atoms with Gasteiger partial charge in [0, 0.05) is 6.42 Å². The first-order valence-electron chi connectivity index (χ1n) is 3.69. The van der Waals surface area contributed by atoms with Gasteiger partial charge in [0.2, 0.25) is 0 Å². The SMILES string of the molecule is O=C(O)CCC(=O)COCC(F)(F)F. The smallest absolute Gasteiger partial charge is 0.411 e. The molecule has 0 fully saturated rings. The Bertz CT molecular complexity index is 211. The number of hydrogen-bond acceptors (Lipinski definition) is 3. The maximum atomic E-state index is 11.5. The summed E-state index contributed by atoms with van der Waals surface area (Å²) < 4.78 is 38.5. The van der Waals surface area contributed by atoms with Crippen LogP contribution in [0.1, 0.15) is 12.8 Å². The van der Waals surface area contributed by atoms with Gasteiger partial charge in [-0.2, -0.15) is 13.2 Å². The molecule has 0 aliphatic rings. The Morgan fingerprint density at radius 2 is 1.79 bits per heavy atom. The van der Waals surface area contributed by atoms with Gasteiger partial charge in [-0.15, -0.1) is 0 Å². The van der Waals surface area contributed by atoms with E-state index in [2.05, 4.69) is 4.74 Å². The molecule has 0 heterocycles. The molecular weight excluding hydrogens is 205 g/mol. The number of alkyl halides is 3. The van der Waals surface area contributed by atoms with Crippen LogP contribution in [0.25, 0.3) is 0 Å². The molecule has 0 rings (SSSR count). The van der Waals surface area contributed by atoms with Crippen LogP contribution in [0, 0.1) is 0 Å². The molecular formula is C7H9F3O4. The van der Waals surface area contributed by atoms with E-state index in [0.717, 1.165) is 0 Å². The van der Waals surface area contributed by atoms with E-state index in [-0.39, 0.29) is 6.42 Å². The van der Waals surface area contributed by atoms with Crippen molar-refractivity contribution in [3.63, 3.8) is 0 Å². The lowest BCUT2D eigenvalue weighted by Gasteiger charge is -2.06. The van der Waals surface area contributed by atoms with Gasteiger partial charge in [-0.3, -0.25) is 9.59 Å². The molecule has 0 unspecified atom stereocenters. The van der Waals surface area contributed by atoms with Crippen molar-refractivity contribution in [1.29, 1.82) is 0 Å². The van der Waals surface area contributed by atoms with Crippen LogP contribution < -0.4 is 0 Å². The van der Waals surface area contributed by atoms with E-state index in [1.165, 1.54) is 0 Å². The molecule has 7 heteroatoms. The first kappa shape index (κ1) is 12.9. The molecule has 0 aliphatic heterocycles. The zero-order valence-corrected chi connectivity index (χ0v) is 7.13. The molecule has 0 aromatic rings. The highest BCUT2D eigenvalue weighted by Gasteiger charge is 2.27. The summed E-state index contributed by atoms with van der Waals surface area (Å²) in [5, 5.41) is 8.14. The molecule has 0 bridgehead atoms. The average molecular weight is 214 g/mol. The number of carbonyl (C=O) groups excluding carboxylic acids is 1. The summed E-state index contributed by atoms with van der Waals surface area (Å²) in [6.45, 7) is -2.20. The number of ether oxygens (including phenoxy) is 1. The predicted molar refractivity (Wildman–Crippen MR) is 38.8 cm³/mol. The van der Waals surface area contributed by atoms with Gasteiger partial charge in [-0.25, -0.2) is 0 Å².